The Labute approximate surface area is 121 Å². The molecule has 2 nitrogen and oxygen atoms in total. The van der Waals surface area contributed by atoms with Crippen LogP contribution in [0.2, 0.25) is 0 Å². The number of aryl methyl sites for hydroxylation is 2. The Kier molecular flexibility index (Phi) is 5.78. The topological polar surface area (TPSA) is 21.3 Å². The second-order valence-electron chi connectivity index (χ2n) is 5.14. The molecule has 2 rings (SSSR count). The maximum Gasteiger partial charge on any atom is 0.0720 e. The zero-order chi connectivity index (χ0) is 14.2. The van der Waals surface area contributed by atoms with E-state index in [0.29, 0.717) is 6.61 Å². The highest BCUT2D eigenvalue weighted by molar-refractivity contribution is 5.29. The van der Waals surface area contributed by atoms with Crippen molar-refractivity contribution < 1.29 is 4.74 Å². The van der Waals surface area contributed by atoms with Gasteiger partial charge in [-0.05, 0) is 30.5 Å². The lowest BCUT2D eigenvalue weighted by atomic mass is 10.1. The summed E-state index contributed by atoms with van der Waals surface area (Å²) < 4.78 is 5.73. The average Bonchev–Trinajstić information content (AvgIpc) is 2.47. The van der Waals surface area contributed by atoms with Gasteiger partial charge in [0.25, 0.3) is 0 Å². The van der Waals surface area contributed by atoms with E-state index in [-0.39, 0.29) is 0 Å². The molecule has 0 spiro atoms. The lowest BCUT2D eigenvalue weighted by Gasteiger charge is -2.09. The van der Waals surface area contributed by atoms with Crippen molar-refractivity contribution in [3.63, 3.8) is 0 Å². The first kappa shape index (κ1) is 14.8. The second kappa shape index (κ2) is 7.83. The SMILES string of the molecule is Cc1ccc(C)c(COCCNCc2ccccc2)c1. The molecular weight excluding hydrogens is 246 g/mol. The molecule has 0 saturated carbocycles. The van der Waals surface area contributed by atoms with Crippen LogP contribution in [0.5, 0.6) is 0 Å². The highest BCUT2D eigenvalue weighted by atomic mass is 16.5. The molecule has 0 atom stereocenters. The van der Waals surface area contributed by atoms with Crippen molar-refractivity contribution in [2.24, 2.45) is 0 Å². The zero-order valence-electron chi connectivity index (χ0n) is 12.4. The Hall–Kier alpha value is -1.64. The van der Waals surface area contributed by atoms with Crippen molar-refractivity contribution in [3.8, 4) is 0 Å². The van der Waals surface area contributed by atoms with E-state index >= 15 is 0 Å². The first-order valence-electron chi connectivity index (χ1n) is 7.14. The van der Waals surface area contributed by atoms with Crippen LogP contribution in [-0.4, -0.2) is 13.2 Å². The van der Waals surface area contributed by atoms with Gasteiger partial charge in [0.15, 0.2) is 0 Å². The molecule has 0 amide bonds. The molecule has 0 bridgehead atoms. The summed E-state index contributed by atoms with van der Waals surface area (Å²) in [6.45, 7) is 7.45. The van der Waals surface area contributed by atoms with Crippen LogP contribution in [0.25, 0.3) is 0 Å². The van der Waals surface area contributed by atoms with E-state index in [1.807, 2.05) is 6.07 Å². The molecule has 0 heterocycles. The summed E-state index contributed by atoms with van der Waals surface area (Å²) in [5.41, 5.74) is 5.18. The van der Waals surface area contributed by atoms with E-state index in [4.69, 9.17) is 4.74 Å². The van der Waals surface area contributed by atoms with E-state index in [9.17, 15) is 0 Å². The predicted molar refractivity (Wildman–Crippen MR) is 83.7 cm³/mol. The summed E-state index contributed by atoms with van der Waals surface area (Å²) in [4.78, 5) is 0. The van der Waals surface area contributed by atoms with E-state index in [2.05, 4.69) is 61.6 Å². The van der Waals surface area contributed by atoms with Gasteiger partial charge in [-0.3, -0.25) is 0 Å². The van der Waals surface area contributed by atoms with Gasteiger partial charge in [-0.1, -0.05) is 54.1 Å². The van der Waals surface area contributed by atoms with Gasteiger partial charge in [-0.25, -0.2) is 0 Å². The number of benzene rings is 2. The van der Waals surface area contributed by atoms with Crippen LogP contribution >= 0.6 is 0 Å². The maximum absolute atomic E-state index is 5.73. The molecule has 106 valence electrons. The third-order valence-corrected chi connectivity index (χ3v) is 3.36. The van der Waals surface area contributed by atoms with Gasteiger partial charge in [-0.15, -0.1) is 0 Å². The molecule has 0 fully saturated rings. The first-order chi connectivity index (χ1) is 9.75. The summed E-state index contributed by atoms with van der Waals surface area (Å²) in [6.07, 6.45) is 0. The largest absolute Gasteiger partial charge is 0.375 e. The minimum Gasteiger partial charge on any atom is -0.375 e. The Morgan fingerprint density at radius 2 is 1.80 bits per heavy atom. The van der Waals surface area contributed by atoms with E-state index in [1.165, 1.54) is 22.3 Å². The Balaban J connectivity index is 1.63. The molecule has 0 saturated heterocycles. The predicted octanol–water partition coefficient (Wildman–Crippen LogP) is 3.61. The van der Waals surface area contributed by atoms with Crippen LogP contribution < -0.4 is 5.32 Å². The number of ether oxygens (including phenoxy) is 1. The van der Waals surface area contributed by atoms with Crippen LogP contribution in [0.4, 0.5) is 0 Å². The van der Waals surface area contributed by atoms with E-state index in [0.717, 1.165) is 19.7 Å². The minimum atomic E-state index is 0.695. The second-order valence-corrected chi connectivity index (χ2v) is 5.14. The lowest BCUT2D eigenvalue weighted by Crippen LogP contribution is -2.19. The van der Waals surface area contributed by atoms with Crippen molar-refractivity contribution in [1.82, 2.24) is 5.32 Å². The Morgan fingerprint density at radius 1 is 1.00 bits per heavy atom. The van der Waals surface area contributed by atoms with E-state index < -0.39 is 0 Å². The highest BCUT2D eigenvalue weighted by Gasteiger charge is 1.99. The summed E-state index contributed by atoms with van der Waals surface area (Å²) >= 11 is 0. The van der Waals surface area contributed by atoms with Gasteiger partial charge in [0, 0.05) is 13.1 Å². The minimum absolute atomic E-state index is 0.695. The fourth-order valence-corrected chi connectivity index (χ4v) is 2.11. The van der Waals surface area contributed by atoms with Crippen LogP contribution in [0.3, 0.4) is 0 Å². The van der Waals surface area contributed by atoms with Crippen molar-refractivity contribution in [3.05, 3.63) is 70.8 Å². The van der Waals surface area contributed by atoms with E-state index in [1.54, 1.807) is 0 Å². The Morgan fingerprint density at radius 3 is 2.60 bits per heavy atom. The molecule has 0 aromatic heterocycles. The molecule has 0 aliphatic rings. The Bertz CT molecular complexity index is 522. The van der Waals surface area contributed by atoms with Crippen LogP contribution in [0.15, 0.2) is 48.5 Å². The summed E-state index contributed by atoms with van der Waals surface area (Å²) in [5, 5.41) is 3.39. The summed E-state index contributed by atoms with van der Waals surface area (Å²) in [6, 6.07) is 16.9. The molecular formula is C18H23NO. The molecule has 2 heteroatoms. The average molecular weight is 269 g/mol. The number of nitrogens with one attached hydrogen (secondary N) is 1. The lowest BCUT2D eigenvalue weighted by molar-refractivity contribution is 0.122. The van der Waals surface area contributed by atoms with Crippen molar-refractivity contribution in [2.75, 3.05) is 13.2 Å². The molecule has 0 aliphatic heterocycles. The van der Waals surface area contributed by atoms with Gasteiger partial charge in [0.05, 0.1) is 13.2 Å². The highest BCUT2D eigenvalue weighted by Crippen LogP contribution is 2.11. The smallest absolute Gasteiger partial charge is 0.0720 e. The van der Waals surface area contributed by atoms with Crippen molar-refractivity contribution in [1.29, 1.82) is 0 Å². The fourth-order valence-electron chi connectivity index (χ4n) is 2.11. The molecule has 2 aromatic carbocycles. The van der Waals surface area contributed by atoms with Gasteiger partial charge >= 0.3 is 0 Å². The molecule has 20 heavy (non-hydrogen) atoms. The fraction of sp³-hybridized carbons (Fsp3) is 0.333. The van der Waals surface area contributed by atoms with Crippen LogP contribution in [0.1, 0.15) is 22.3 Å². The molecule has 0 aliphatic carbocycles. The number of rotatable bonds is 7. The van der Waals surface area contributed by atoms with Gasteiger partial charge in [0.2, 0.25) is 0 Å². The maximum atomic E-state index is 5.73. The van der Waals surface area contributed by atoms with Crippen LogP contribution in [0, 0.1) is 13.8 Å². The number of hydrogen-bond acceptors (Lipinski definition) is 2. The molecule has 0 radical (unpaired) electrons. The molecule has 1 N–H and O–H groups in total. The van der Waals surface area contributed by atoms with Gasteiger partial charge < -0.3 is 10.1 Å². The third kappa shape index (κ3) is 4.80. The van der Waals surface area contributed by atoms with Crippen LogP contribution in [-0.2, 0) is 17.9 Å². The first-order valence-corrected chi connectivity index (χ1v) is 7.14. The standard InChI is InChI=1S/C18H23NO/c1-15-8-9-16(2)18(12-15)14-20-11-10-19-13-17-6-4-3-5-7-17/h3-9,12,19H,10-11,13-14H2,1-2H3. The summed E-state index contributed by atoms with van der Waals surface area (Å²) in [5.74, 6) is 0. The zero-order valence-corrected chi connectivity index (χ0v) is 12.4. The molecule has 0 unspecified atom stereocenters. The van der Waals surface area contributed by atoms with Crippen molar-refractivity contribution in [2.45, 2.75) is 27.0 Å². The third-order valence-electron chi connectivity index (χ3n) is 3.36. The summed E-state index contributed by atoms with van der Waals surface area (Å²) in [7, 11) is 0. The monoisotopic (exact) mass is 269 g/mol. The number of hydrogen-bond donors (Lipinski definition) is 1. The normalized spacial score (nSPS) is 10.7. The van der Waals surface area contributed by atoms with Gasteiger partial charge in [-0.2, -0.15) is 0 Å². The quantitative estimate of drug-likeness (QED) is 0.775. The van der Waals surface area contributed by atoms with Crippen molar-refractivity contribution >= 4 is 0 Å². The van der Waals surface area contributed by atoms with Gasteiger partial charge in [0.1, 0.15) is 0 Å². The molecule has 2 aromatic rings.